The highest BCUT2D eigenvalue weighted by Gasteiger charge is 2.17. The minimum Gasteiger partial charge on any atom is -0.361 e. The second-order valence-corrected chi connectivity index (χ2v) is 5.70. The Labute approximate surface area is 135 Å². The van der Waals surface area contributed by atoms with Crippen LogP contribution in [0.1, 0.15) is 42.0 Å². The largest absolute Gasteiger partial charge is 0.361 e. The average molecular weight is 321 g/mol. The van der Waals surface area contributed by atoms with Crippen molar-refractivity contribution in [3.63, 3.8) is 0 Å². The number of nitrogens with zero attached hydrogens (tertiary/aromatic N) is 1. The molecule has 1 aromatic carbocycles. The lowest BCUT2D eigenvalue weighted by atomic mass is 10.0. The van der Waals surface area contributed by atoms with E-state index < -0.39 is 0 Å². The lowest BCUT2D eigenvalue weighted by Gasteiger charge is -2.16. The first-order valence-corrected chi connectivity index (χ1v) is 7.87. The molecule has 1 heterocycles. The van der Waals surface area contributed by atoms with Crippen molar-refractivity contribution < 1.29 is 9.32 Å². The topological polar surface area (TPSA) is 55.1 Å². The molecule has 0 saturated carbocycles. The van der Waals surface area contributed by atoms with Crippen molar-refractivity contribution in [3.05, 3.63) is 45.3 Å². The molecule has 0 atom stereocenters. The van der Waals surface area contributed by atoms with Crippen molar-refractivity contribution in [2.45, 2.75) is 47.0 Å². The van der Waals surface area contributed by atoms with Gasteiger partial charge in [-0.3, -0.25) is 4.79 Å². The molecule has 0 aliphatic carbocycles. The molecule has 0 fully saturated rings. The SMILES string of the molecule is CCc1ccc(Cl)c(CC)c1NC(=O)Cc1c(C)noc1C. The maximum atomic E-state index is 12.4. The van der Waals surface area contributed by atoms with Gasteiger partial charge in [0.15, 0.2) is 0 Å². The number of aromatic nitrogens is 1. The highest BCUT2D eigenvalue weighted by atomic mass is 35.5. The molecule has 0 saturated heterocycles. The van der Waals surface area contributed by atoms with Gasteiger partial charge in [-0.25, -0.2) is 0 Å². The summed E-state index contributed by atoms with van der Waals surface area (Å²) in [6.07, 6.45) is 1.86. The molecule has 1 amide bonds. The van der Waals surface area contributed by atoms with Crippen molar-refractivity contribution >= 4 is 23.2 Å². The Bertz CT molecular complexity index is 673. The van der Waals surface area contributed by atoms with Gasteiger partial charge in [-0.2, -0.15) is 0 Å². The normalized spacial score (nSPS) is 10.8. The van der Waals surface area contributed by atoms with E-state index in [9.17, 15) is 4.79 Å². The number of hydrogen-bond acceptors (Lipinski definition) is 3. The van der Waals surface area contributed by atoms with Crippen LogP contribution in [0.2, 0.25) is 5.02 Å². The van der Waals surface area contributed by atoms with Crippen LogP contribution in [0.15, 0.2) is 16.7 Å². The highest BCUT2D eigenvalue weighted by Crippen LogP contribution is 2.29. The standard InChI is InChI=1S/C17H21ClN2O2/c1-5-12-7-8-15(18)13(6-2)17(12)19-16(21)9-14-10(3)20-22-11(14)4/h7-8H,5-6,9H2,1-4H3,(H,19,21). The van der Waals surface area contributed by atoms with Gasteiger partial charge in [0.25, 0.3) is 0 Å². The maximum absolute atomic E-state index is 12.4. The summed E-state index contributed by atoms with van der Waals surface area (Å²) in [7, 11) is 0. The Kier molecular flexibility index (Phi) is 5.24. The average Bonchev–Trinajstić information content (AvgIpc) is 2.79. The van der Waals surface area contributed by atoms with Crippen LogP contribution in [0.5, 0.6) is 0 Å². The summed E-state index contributed by atoms with van der Waals surface area (Å²) in [4.78, 5) is 12.4. The monoisotopic (exact) mass is 320 g/mol. The first kappa shape index (κ1) is 16.6. The lowest BCUT2D eigenvalue weighted by Crippen LogP contribution is -2.17. The zero-order valence-electron chi connectivity index (χ0n) is 13.4. The molecule has 118 valence electrons. The number of rotatable bonds is 5. The third-order valence-corrected chi connectivity index (χ3v) is 4.21. The number of benzene rings is 1. The van der Waals surface area contributed by atoms with Gasteiger partial charge >= 0.3 is 0 Å². The third kappa shape index (κ3) is 3.33. The van der Waals surface area contributed by atoms with Crippen LogP contribution < -0.4 is 5.32 Å². The minimum absolute atomic E-state index is 0.0823. The summed E-state index contributed by atoms with van der Waals surface area (Å²) in [6.45, 7) is 7.75. The fraction of sp³-hybridized carbons (Fsp3) is 0.412. The molecule has 0 bridgehead atoms. The van der Waals surface area contributed by atoms with E-state index >= 15 is 0 Å². The Morgan fingerprint density at radius 1 is 1.23 bits per heavy atom. The summed E-state index contributed by atoms with van der Waals surface area (Å²) < 4.78 is 5.10. The Balaban J connectivity index is 2.27. The van der Waals surface area contributed by atoms with Crippen LogP contribution in [0.4, 0.5) is 5.69 Å². The van der Waals surface area contributed by atoms with Gasteiger partial charge in [0.05, 0.1) is 12.1 Å². The van der Waals surface area contributed by atoms with E-state index in [2.05, 4.69) is 17.4 Å². The molecular weight excluding hydrogens is 300 g/mol. The molecule has 0 spiro atoms. The fourth-order valence-electron chi connectivity index (χ4n) is 2.57. The van der Waals surface area contributed by atoms with Crippen molar-refractivity contribution in [1.29, 1.82) is 0 Å². The predicted octanol–water partition coefficient (Wildman–Crippen LogP) is 4.25. The molecule has 5 heteroatoms. The number of aryl methyl sites for hydroxylation is 3. The van der Waals surface area contributed by atoms with Crippen LogP contribution in [0.3, 0.4) is 0 Å². The molecule has 0 unspecified atom stereocenters. The van der Waals surface area contributed by atoms with Crippen molar-refractivity contribution in [2.75, 3.05) is 5.32 Å². The van der Waals surface area contributed by atoms with Crippen molar-refractivity contribution in [3.8, 4) is 0 Å². The van der Waals surface area contributed by atoms with E-state index in [4.69, 9.17) is 16.1 Å². The quantitative estimate of drug-likeness (QED) is 0.896. The van der Waals surface area contributed by atoms with Gasteiger partial charge in [-0.15, -0.1) is 0 Å². The highest BCUT2D eigenvalue weighted by molar-refractivity contribution is 6.32. The molecule has 1 aromatic heterocycles. The Morgan fingerprint density at radius 3 is 2.50 bits per heavy atom. The number of carbonyl (C=O) groups excluding carboxylic acids is 1. The summed E-state index contributed by atoms with van der Waals surface area (Å²) in [5.41, 5.74) is 4.51. The third-order valence-electron chi connectivity index (χ3n) is 3.86. The smallest absolute Gasteiger partial charge is 0.229 e. The molecule has 0 aliphatic rings. The molecule has 4 nitrogen and oxygen atoms in total. The zero-order chi connectivity index (χ0) is 16.3. The second-order valence-electron chi connectivity index (χ2n) is 5.29. The van der Waals surface area contributed by atoms with Gasteiger partial charge < -0.3 is 9.84 Å². The summed E-state index contributed by atoms with van der Waals surface area (Å²) >= 11 is 6.26. The van der Waals surface area contributed by atoms with Crippen LogP contribution in [-0.4, -0.2) is 11.1 Å². The van der Waals surface area contributed by atoms with Crippen molar-refractivity contribution in [2.24, 2.45) is 0 Å². The van der Waals surface area contributed by atoms with Gasteiger partial charge in [0, 0.05) is 16.3 Å². The van der Waals surface area contributed by atoms with E-state index in [1.165, 1.54) is 0 Å². The van der Waals surface area contributed by atoms with E-state index in [0.717, 1.165) is 40.9 Å². The van der Waals surface area contributed by atoms with Gasteiger partial charge in [0.1, 0.15) is 5.76 Å². The Hall–Kier alpha value is -1.81. The number of amides is 1. The van der Waals surface area contributed by atoms with Crippen LogP contribution >= 0.6 is 11.6 Å². The predicted molar refractivity (Wildman–Crippen MR) is 88.5 cm³/mol. The first-order chi connectivity index (χ1) is 10.5. The lowest BCUT2D eigenvalue weighted by molar-refractivity contribution is -0.115. The molecule has 22 heavy (non-hydrogen) atoms. The van der Waals surface area contributed by atoms with E-state index in [1.807, 2.05) is 32.9 Å². The number of carbonyl (C=O) groups is 1. The molecular formula is C17H21ClN2O2. The Morgan fingerprint density at radius 2 is 1.95 bits per heavy atom. The summed E-state index contributed by atoms with van der Waals surface area (Å²) in [6, 6.07) is 3.86. The van der Waals surface area contributed by atoms with Crippen LogP contribution in [-0.2, 0) is 24.1 Å². The van der Waals surface area contributed by atoms with E-state index in [-0.39, 0.29) is 12.3 Å². The number of nitrogens with one attached hydrogen (secondary N) is 1. The van der Waals surface area contributed by atoms with Crippen molar-refractivity contribution in [1.82, 2.24) is 5.16 Å². The molecule has 0 radical (unpaired) electrons. The first-order valence-electron chi connectivity index (χ1n) is 7.49. The number of anilines is 1. The van der Waals surface area contributed by atoms with Gasteiger partial charge in [-0.05, 0) is 43.9 Å². The van der Waals surface area contributed by atoms with E-state index in [1.54, 1.807) is 0 Å². The molecule has 2 rings (SSSR count). The minimum atomic E-state index is -0.0823. The zero-order valence-corrected chi connectivity index (χ0v) is 14.2. The number of hydrogen-bond donors (Lipinski definition) is 1. The fourth-order valence-corrected chi connectivity index (χ4v) is 2.86. The molecule has 2 aromatic rings. The number of halogens is 1. The van der Waals surface area contributed by atoms with Crippen LogP contribution in [0.25, 0.3) is 0 Å². The summed E-state index contributed by atoms with van der Waals surface area (Å²) in [5, 5.41) is 7.59. The summed E-state index contributed by atoms with van der Waals surface area (Å²) in [5.74, 6) is 0.603. The molecule has 1 N–H and O–H groups in total. The van der Waals surface area contributed by atoms with Gasteiger partial charge in [0.2, 0.25) is 5.91 Å². The van der Waals surface area contributed by atoms with E-state index in [0.29, 0.717) is 10.8 Å². The molecule has 0 aliphatic heterocycles. The second kappa shape index (κ2) is 6.97. The van der Waals surface area contributed by atoms with Crippen LogP contribution in [0, 0.1) is 13.8 Å². The maximum Gasteiger partial charge on any atom is 0.229 e. The van der Waals surface area contributed by atoms with Gasteiger partial charge in [-0.1, -0.05) is 36.7 Å².